The second kappa shape index (κ2) is 7.18. The van der Waals surface area contributed by atoms with Gasteiger partial charge in [0.05, 0.1) is 18.8 Å². The molecule has 0 spiro atoms. The number of benzene rings is 1. The van der Waals surface area contributed by atoms with E-state index in [2.05, 4.69) is 54.3 Å². The summed E-state index contributed by atoms with van der Waals surface area (Å²) in [6.45, 7) is 7.33. The minimum absolute atomic E-state index is 0.0560. The molecule has 1 N–H and O–H groups in total. The molecule has 4 heteroatoms. The zero-order chi connectivity index (χ0) is 15.2. The van der Waals surface area contributed by atoms with Crippen LogP contribution in [0.25, 0.3) is 0 Å². The summed E-state index contributed by atoms with van der Waals surface area (Å²) < 4.78 is 5.21. The Bertz CT molecular complexity index is 578. The van der Waals surface area contributed by atoms with E-state index in [-0.39, 0.29) is 6.04 Å². The Morgan fingerprint density at radius 2 is 1.81 bits per heavy atom. The van der Waals surface area contributed by atoms with Crippen LogP contribution in [-0.4, -0.2) is 23.6 Å². The molecule has 21 heavy (non-hydrogen) atoms. The molecular weight excluding hydrogens is 262 g/mol. The number of nitrogens with zero attached hydrogens (tertiary/aromatic N) is 2. The van der Waals surface area contributed by atoms with Crippen LogP contribution >= 0.6 is 0 Å². The SMILES string of the molecule is CCCNC(c1cc(C)cc(C)c1)c1cc(OC)ncn1. The summed E-state index contributed by atoms with van der Waals surface area (Å²) in [5, 5.41) is 3.56. The van der Waals surface area contributed by atoms with Gasteiger partial charge in [0.2, 0.25) is 5.88 Å². The second-order valence-electron chi connectivity index (χ2n) is 5.29. The molecule has 2 rings (SSSR count). The van der Waals surface area contributed by atoms with Crippen LogP contribution in [0.3, 0.4) is 0 Å². The minimum atomic E-state index is 0.0560. The van der Waals surface area contributed by atoms with E-state index in [1.54, 1.807) is 13.4 Å². The average Bonchev–Trinajstić information content (AvgIpc) is 2.47. The maximum atomic E-state index is 5.21. The lowest BCUT2D eigenvalue weighted by atomic mass is 9.98. The molecule has 1 atom stereocenters. The fraction of sp³-hybridized carbons (Fsp3) is 0.412. The Morgan fingerprint density at radius 3 is 2.43 bits per heavy atom. The number of rotatable bonds is 6. The smallest absolute Gasteiger partial charge is 0.216 e. The molecule has 0 aliphatic heterocycles. The molecule has 1 unspecified atom stereocenters. The monoisotopic (exact) mass is 285 g/mol. The van der Waals surface area contributed by atoms with Gasteiger partial charge in [0.25, 0.3) is 0 Å². The van der Waals surface area contributed by atoms with Crippen molar-refractivity contribution in [3.63, 3.8) is 0 Å². The highest BCUT2D eigenvalue weighted by Gasteiger charge is 2.16. The molecule has 112 valence electrons. The molecule has 0 radical (unpaired) electrons. The number of nitrogens with one attached hydrogen (secondary N) is 1. The highest BCUT2D eigenvalue weighted by atomic mass is 16.5. The third-order valence-corrected chi connectivity index (χ3v) is 3.34. The van der Waals surface area contributed by atoms with Crippen molar-refractivity contribution < 1.29 is 4.74 Å². The largest absolute Gasteiger partial charge is 0.481 e. The normalized spacial score (nSPS) is 12.2. The van der Waals surface area contributed by atoms with Gasteiger partial charge in [0.15, 0.2) is 0 Å². The Balaban J connectivity index is 2.41. The zero-order valence-corrected chi connectivity index (χ0v) is 13.2. The molecule has 2 aromatic rings. The van der Waals surface area contributed by atoms with Crippen molar-refractivity contribution in [2.45, 2.75) is 33.2 Å². The van der Waals surface area contributed by atoms with E-state index < -0.39 is 0 Å². The predicted molar refractivity (Wildman–Crippen MR) is 84.6 cm³/mol. The lowest BCUT2D eigenvalue weighted by molar-refractivity contribution is 0.394. The van der Waals surface area contributed by atoms with Gasteiger partial charge in [-0.05, 0) is 32.4 Å². The average molecular weight is 285 g/mol. The highest BCUT2D eigenvalue weighted by Crippen LogP contribution is 2.24. The van der Waals surface area contributed by atoms with Gasteiger partial charge in [-0.15, -0.1) is 0 Å². The molecule has 0 aliphatic carbocycles. The first-order valence-electron chi connectivity index (χ1n) is 7.31. The fourth-order valence-corrected chi connectivity index (χ4v) is 2.48. The second-order valence-corrected chi connectivity index (χ2v) is 5.29. The summed E-state index contributed by atoms with van der Waals surface area (Å²) in [6, 6.07) is 8.54. The maximum Gasteiger partial charge on any atom is 0.216 e. The molecule has 4 nitrogen and oxygen atoms in total. The van der Waals surface area contributed by atoms with E-state index in [1.165, 1.54) is 16.7 Å². The standard InChI is InChI=1S/C17H23N3O/c1-5-6-18-17(14-8-12(2)7-13(3)9-14)15-10-16(21-4)20-11-19-15/h7-11,17-18H,5-6H2,1-4H3. The van der Waals surface area contributed by atoms with Crippen molar-refractivity contribution in [2.75, 3.05) is 13.7 Å². The van der Waals surface area contributed by atoms with Gasteiger partial charge in [-0.3, -0.25) is 0 Å². The van der Waals surface area contributed by atoms with Gasteiger partial charge in [0, 0.05) is 6.07 Å². The van der Waals surface area contributed by atoms with Crippen molar-refractivity contribution in [2.24, 2.45) is 0 Å². The Hall–Kier alpha value is -1.94. The van der Waals surface area contributed by atoms with Gasteiger partial charge in [-0.1, -0.05) is 36.2 Å². The minimum Gasteiger partial charge on any atom is -0.481 e. The quantitative estimate of drug-likeness (QED) is 0.885. The Morgan fingerprint density at radius 1 is 1.10 bits per heavy atom. The van der Waals surface area contributed by atoms with Gasteiger partial charge in [-0.2, -0.15) is 0 Å². The van der Waals surface area contributed by atoms with Crippen LogP contribution in [-0.2, 0) is 0 Å². The molecular formula is C17H23N3O. The maximum absolute atomic E-state index is 5.21. The van der Waals surface area contributed by atoms with E-state index in [9.17, 15) is 0 Å². The van der Waals surface area contributed by atoms with E-state index in [0.717, 1.165) is 18.7 Å². The van der Waals surface area contributed by atoms with Crippen molar-refractivity contribution in [3.05, 3.63) is 53.0 Å². The first-order chi connectivity index (χ1) is 10.1. The van der Waals surface area contributed by atoms with Crippen LogP contribution in [0.5, 0.6) is 5.88 Å². The van der Waals surface area contributed by atoms with Crippen LogP contribution in [0.2, 0.25) is 0 Å². The van der Waals surface area contributed by atoms with Gasteiger partial charge in [-0.25, -0.2) is 9.97 Å². The Labute approximate surface area is 126 Å². The van der Waals surface area contributed by atoms with Crippen LogP contribution < -0.4 is 10.1 Å². The van der Waals surface area contributed by atoms with Crippen molar-refractivity contribution in [1.29, 1.82) is 0 Å². The number of hydrogen-bond donors (Lipinski definition) is 1. The summed E-state index contributed by atoms with van der Waals surface area (Å²) in [5.41, 5.74) is 4.67. The number of aromatic nitrogens is 2. The summed E-state index contributed by atoms with van der Waals surface area (Å²) in [7, 11) is 1.62. The van der Waals surface area contributed by atoms with E-state index in [4.69, 9.17) is 4.74 Å². The number of methoxy groups -OCH3 is 1. The van der Waals surface area contributed by atoms with Crippen LogP contribution in [0, 0.1) is 13.8 Å². The molecule has 0 bridgehead atoms. The van der Waals surface area contributed by atoms with Crippen molar-refractivity contribution >= 4 is 0 Å². The topological polar surface area (TPSA) is 47.0 Å². The summed E-state index contributed by atoms with van der Waals surface area (Å²) in [4.78, 5) is 8.51. The van der Waals surface area contributed by atoms with Gasteiger partial charge in [0.1, 0.15) is 6.33 Å². The van der Waals surface area contributed by atoms with Crippen molar-refractivity contribution in [1.82, 2.24) is 15.3 Å². The molecule has 1 heterocycles. The van der Waals surface area contributed by atoms with Crippen LogP contribution in [0.15, 0.2) is 30.6 Å². The van der Waals surface area contributed by atoms with E-state index in [1.807, 2.05) is 6.07 Å². The van der Waals surface area contributed by atoms with E-state index >= 15 is 0 Å². The van der Waals surface area contributed by atoms with Gasteiger partial charge < -0.3 is 10.1 Å². The first-order valence-corrected chi connectivity index (χ1v) is 7.31. The summed E-state index contributed by atoms with van der Waals surface area (Å²) in [6.07, 6.45) is 2.63. The molecule has 0 aliphatic rings. The lowest BCUT2D eigenvalue weighted by Crippen LogP contribution is -2.24. The van der Waals surface area contributed by atoms with Gasteiger partial charge >= 0.3 is 0 Å². The summed E-state index contributed by atoms with van der Waals surface area (Å²) in [5.74, 6) is 0.590. The molecule has 0 saturated heterocycles. The number of hydrogen-bond acceptors (Lipinski definition) is 4. The zero-order valence-electron chi connectivity index (χ0n) is 13.2. The highest BCUT2D eigenvalue weighted by molar-refractivity contribution is 5.35. The van der Waals surface area contributed by atoms with Crippen LogP contribution in [0.1, 0.15) is 41.8 Å². The third kappa shape index (κ3) is 4.02. The predicted octanol–water partition coefficient (Wildman–Crippen LogP) is 3.19. The molecule has 0 fully saturated rings. The van der Waals surface area contributed by atoms with E-state index in [0.29, 0.717) is 5.88 Å². The van der Waals surface area contributed by atoms with Crippen molar-refractivity contribution in [3.8, 4) is 5.88 Å². The summed E-state index contributed by atoms with van der Waals surface area (Å²) >= 11 is 0. The molecule has 1 aromatic carbocycles. The fourth-order valence-electron chi connectivity index (χ4n) is 2.48. The first kappa shape index (κ1) is 15.4. The molecule has 0 saturated carbocycles. The number of aryl methyl sites for hydroxylation is 2. The molecule has 0 amide bonds. The Kier molecular flexibility index (Phi) is 5.28. The number of ether oxygens (including phenoxy) is 1. The lowest BCUT2D eigenvalue weighted by Gasteiger charge is -2.20. The third-order valence-electron chi connectivity index (χ3n) is 3.34. The molecule has 1 aromatic heterocycles. The van der Waals surface area contributed by atoms with Crippen LogP contribution in [0.4, 0.5) is 0 Å².